The van der Waals surface area contributed by atoms with Crippen LogP contribution in [0.4, 0.5) is 0 Å². The van der Waals surface area contributed by atoms with Crippen LogP contribution in [0.2, 0.25) is 0 Å². The third-order valence-corrected chi connectivity index (χ3v) is 2.64. The molecule has 1 rings (SSSR count). The molecule has 0 radical (unpaired) electrons. The molecule has 4 N–H and O–H groups in total. The summed E-state index contributed by atoms with van der Waals surface area (Å²) in [6.45, 7) is 2.27. The van der Waals surface area contributed by atoms with Crippen molar-refractivity contribution in [2.24, 2.45) is 11.7 Å². The van der Waals surface area contributed by atoms with E-state index in [1.807, 2.05) is 0 Å². The Morgan fingerprint density at radius 1 is 1.55 bits per heavy atom. The van der Waals surface area contributed by atoms with Gasteiger partial charge in [-0.05, 0) is 25.2 Å². The second-order valence-corrected chi connectivity index (χ2v) is 3.51. The van der Waals surface area contributed by atoms with Gasteiger partial charge in [0.2, 0.25) is 0 Å². The lowest BCUT2D eigenvalue weighted by atomic mass is 9.83. The summed E-state index contributed by atoms with van der Waals surface area (Å²) in [6.07, 6.45) is 3.33. The molecule has 1 aliphatic rings. The topological polar surface area (TPSA) is 58.3 Å². The molecule has 11 heavy (non-hydrogen) atoms. The first-order chi connectivity index (χ1) is 5.24. The highest BCUT2D eigenvalue weighted by Gasteiger charge is 2.23. The standard InChI is InChI=1S/C8H18N2O/c1-6-2-3-7(10-5-11)4-8(6)9/h6-8,10-11H,2-5,9H2,1H3. The average molecular weight is 158 g/mol. The lowest BCUT2D eigenvalue weighted by molar-refractivity contribution is 0.198. The Kier molecular flexibility index (Phi) is 3.30. The summed E-state index contributed by atoms with van der Waals surface area (Å²) in [6, 6.07) is 0.749. The molecule has 0 saturated heterocycles. The zero-order valence-electron chi connectivity index (χ0n) is 7.09. The van der Waals surface area contributed by atoms with Crippen LogP contribution in [-0.4, -0.2) is 23.9 Å². The number of rotatable bonds is 2. The van der Waals surface area contributed by atoms with E-state index in [9.17, 15) is 0 Å². The van der Waals surface area contributed by atoms with Crippen molar-refractivity contribution in [3.63, 3.8) is 0 Å². The molecule has 0 aromatic heterocycles. The van der Waals surface area contributed by atoms with Crippen molar-refractivity contribution in [2.45, 2.75) is 38.3 Å². The Morgan fingerprint density at radius 2 is 2.27 bits per heavy atom. The molecule has 0 aliphatic heterocycles. The highest BCUT2D eigenvalue weighted by atomic mass is 16.3. The maximum absolute atomic E-state index is 8.62. The molecule has 66 valence electrons. The van der Waals surface area contributed by atoms with Gasteiger partial charge in [-0.25, -0.2) is 0 Å². The Morgan fingerprint density at radius 3 is 2.82 bits per heavy atom. The van der Waals surface area contributed by atoms with Crippen molar-refractivity contribution in [3.05, 3.63) is 0 Å². The van der Waals surface area contributed by atoms with E-state index in [4.69, 9.17) is 10.8 Å². The van der Waals surface area contributed by atoms with Crippen LogP contribution >= 0.6 is 0 Å². The minimum absolute atomic E-state index is 0.0752. The summed E-state index contributed by atoms with van der Waals surface area (Å²) < 4.78 is 0. The van der Waals surface area contributed by atoms with Crippen LogP contribution in [0.15, 0.2) is 0 Å². The van der Waals surface area contributed by atoms with Crippen molar-refractivity contribution in [1.82, 2.24) is 5.32 Å². The van der Waals surface area contributed by atoms with E-state index in [1.165, 1.54) is 6.42 Å². The van der Waals surface area contributed by atoms with Crippen LogP contribution in [0, 0.1) is 5.92 Å². The summed E-state index contributed by atoms with van der Waals surface area (Å²) in [4.78, 5) is 0. The van der Waals surface area contributed by atoms with Gasteiger partial charge in [0, 0.05) is 12.1 Å². The summed E-state index contributed by atoms with van der Waals surface area (Å²) >= 11 is 0. The second kappa shape index (κ2) is 4.04. The molecule has 1 fully saturated rings. The monoisotopic (exact) mass is 158 g/mol. The van der Waals surface area contributed by atoms with Gasteiger partial charge in [-0.2, -0.15) is 0 Å². The van der Waals surface area contributed by atoms with Gasteiger partial charge in [-0.15, -0.1) is 0 Å². The number of aliphatic hydroxyl groups is 1. The van der Waals surface area contributed by atoms with Crippen LogP contribution in [0.5, 0.6) is 0 Å². The predicted molar refractivity (Wildman–Crippen MR) is 45.0 cm³/mol. The summed E-state index contributed by atoms with van der Waals surface area (Å²) in [5.41, 5.74) is 5.88. The Balaban J connectivity index is 2.28. The van der Waals surface area contributed by atoms with E-state index >= 15 is 0 Å². The predicted octanol–water partition coefficient (Wildman–Crippen LogP) is 0.0417. The minimum Gasteiger partial charge on any atom is -0.381 e. The molecule has 3 unspecified atom stereocenters. The summed E-state index contributed by atoms with van der Waals surface area (Å²) in [5.74, 6) is 0.645. The Hall–Kier alpha value is -0.120. The van der Waals surface area contributed by atoms with Crippen LogP contribution < -0.4 is 11.1 Å². The zero-order chi connectivity index (χ0) is 8.27. The summed E-state index contributed by atoms with van der Waals surface area (Å²) in [5, 5.41) is 11.6. The number of hydrogen-bond acceptors (Lipinski definition) is 3. The number of aliphatic hydroxyl groups excluding tert-OH is 1. The van der Waals surface area contributed by atoms with Gasteiger partial charge in [-0.1, -0.05) is 6.92 Å². The lowest BCUT2D eigenvalue weighted by Gasteiger charge is -2.31. The van der Waals surface area contributed by atoms with Gasteiger partial charge in [0.05, 0.1) is 6.73 Å². The highest BCUT2D eigenvalue weighted by molar-refractivity contribution is 4.83. The van der Waals surface area contributed by atoms with E-state index in [0.717, 1.165) is 12.8 Å². The van der Waals surface area contributed by atoms with Crippen LogP contribution in [0.1, 0.15) is 26.2 Å². The molecular weight excluding hydrogens is 140 g/mol. The molecule has 3 heteroatoms. The number of nitrogens with two attached hydrogens (primary N) is 1. The molecule has 1 saturated carbocycles. The van der Waals surface area contributed by atoms with Gasteiger partial charge in [0.25, 0.3) is 0 Å². The van der Waals surface area contributed by atoms with Gasteiger partial charge in [-0.3, -0.25) is 5.32 Å². The first-order valence-electron chi connectivity index (χ1n) is 4.34. The van der Waals surface area contributed by atoms with Gasteiger partial charge < -0.3 is 10.8 Å². The van der Waals surface area contributed by atoms with Crippen LogP contribution in [0.25, 0.3) is 0 Å². The molecule has 0 heterocycles. The third-order valence-electron chi connectivity index (χ3n) is 2.64. The van der Waals surface area contributed by atoms with E-state index < -0.39 is 0 Å². The second-order valence-electron chi connectivity index (χ2n) is 3.51. The smallest absolute Gasteiger partial charge is 0.0933 e. The quantitative estimate of drug-likeness (QED) is 0.497. The first kappa shape index (κ1) is 8.97. The molecule has 0 aromatic rings. The van der Waals surface area contributed by atoms with Crippen LogP contribution in [-0.2, 0) is 0 Å². The largest absolute Gasteiger partial charge is 0.381 e. The lowest BCUT2D eigenvalue weighted by Crippen LogP contribution is -2.43. The van der Waals surface area contributed by atoms with E-state index in [-0.39, 0.29) is 6.73 Å². The van der Waals surface area contributed by atoms with E-state index in [1.54, 1.807) is 0 Å². The SMILES string of the molecule is CC1CCC(NCO)CC1N. The highest BCUT2D eigenvalue weighted by Crippen LogP contribution is 2.22. The average Bonchev–Trinajstić information content (AvgIpc) is 1.98. The molecular formula is C8H18N2O. The van der Waals surface area contributed by atoms with Crippen molar-refractivity contribution < 1.29 is 5.11 Å². The van der Waals surface area contributed by atoms with Crippen molar-refractivity contribution >= 4 is 0 Å². The zero-order valence-corrected chi connectivity index (χ0v) is 7.09. The van der Waals surface area contributed by atoms with Crippen molar-refractivity contribution in [3.8, 4) is 0 Å². The molecule has 0 spiro atoms. The van der Waals surface area contributed by atoms with Gasteiger partial charge >= 0.3 is 0 Å². The fourth-order valence-corrected chi connectivity index (χ4v) is 1.67. The van der Waals surface area contributed by atoms with Crippen molar-refractivity contribution in [2.75, 3.05) is 6.73 Å². The number of hydrogen-bond donors (Lipinski definition) is 3. The third kappa shape index (κ3) is 2.43. The van der Waals surface area contributed by atoms with Gasteiger partial charge in [0.1, 0.15) is 0 Å². The fraction of sp³-hybridized carbons (Fsp3) is 1.00. The van der Waals surface area contributed by atoms with Crippen LogP contribution in [0.3, 0.4) is 0 Å². The Labute approximate surface area is 68.0 Å². The maximum atomic E-state index is 8.62. The van der Waals surface area contributed by atoms with E-state index in [2.05, 4.69) is 12.2 Å². The summed E-state index contributed by atoms with van der Waals surface area (Å²) in [7, 11) is 0. The molecule has 0 amide bonds. The first-order valence-corrected chi connectivity index (χ1v) is 4.34. The molecule has 3 atom stereocenters. The number of nitrogens with one attached hydrogen (secondary N) is 1. The fourth-order valence-electron chi connectivity index (χ4n) is 1.67. The van der Waals surface area contributed by atoms with Gasteiger partial charge in [0.15, 0.2) is 0 Å². The molecule has 0 bridgehead atoms. The molecule has 1 aliphatic carbocycles. The molecule has 0 aromatic carbocycles. The normalized spacial score (nSPS) is 39.0. The molecule has 3 nitrogen and oxygen atoms in total. The maximum Gasteiger partial charge on any atom is 0.0933 e. The Bertz CT molecular complexity index is 119. The minimum atomic E-state index is 0.0752. The van der Waals surface area contributed by atoms with Crippen molar-refractivity contribution in [1.29, 1.82) is 0 Å². The van der Waals surface area contributed by atoms with E-state index in [0.29, 0.717) is 18.0 Å².